The van der Waals surface area contributed by atoms with E-state index in [-0.39, 0.29) is 12.4 Å². The predicted octanol–water partition coefficient (Wildman–Crippen LogP) is 1.60. The van der Waals surface area contributed by atoms with Crippen molar-refractivity contribution >= 4 is 19.3 Å². The van der Waals surface area contributed by atoms with Crippen LogP contribution >= 0.6 is 19.3 Å². The Morgan fingerprint density at radius 1 is 1.73 bits per heavy atom. The Hall–Kier alpha value is -0.200. The maximum absolute atomic E-state index is 12.0. The summed E-state index contributed by atoms with van der Waals surface area (Å²) >= 11 is 5.49. The monoisotopic (exact) mass is 257 g/mol. The zero-order valence-electron chi connectivity index (χ0n) is 8.34. The number of nitrogens with zero attached hydrogens (tertiary/aromatic N) is 3. The number of alkyl halides is 1. The van der Waals surface area contributed by atoms with Crippen LogP contribution in [0.4, 0.5) is 0 Å². The van der Waals surface area contributed by atoms with Crippen LogP contribution in [0.15, 0.2) is 5.29 Å². The highest BCUT2D eigenvalue weighted by Crippen LogP contribution is 2.54. The van der Waals surface area contributed by atoms with Gasteiger partial charge in [0.15, 0.2) is 0 Å². The molecule has 15 heavy (non-hydrogen) atoms. The van der Waals surface area contributed by atoms with Crippen molar-refractivity contribution in [2.45, 2.75) is 6.42 Å². The number of rotatable bonds is 5. The molecular weight excluding hydrogens is 245 g/mol. The minimum atomic E-state index is -3.40. The molecule has 1 saturated heterocycles. The fourth-order valence-corrected chi connectivity index (χ4v) is 2.94. The van der Waals surface area contributed by atoms with Gasteiger partial charge in [-0.3, -0.25) is 9.05 Å². The lowest BCUT2D eigenvalue weighted by atomic mass is 10.5. The van der Waals surface area contributed by atoms with E-state index in [2.05, 4.69) is 5.29 Å². The second kappa shape index (κ2) is 5.77. The molecule has 9 heteroatoms. The quantitative estimate of drug-likeness (QED) is 0.322. The molecule has 1 unspecified atom stereocenters. The number of halogens is 1. The molecule has 1 heterocycles. The normalized spacial score (nSPS) is 27.6. The Morgan fingerprint density at radius 2 is 2.47 bits per heavy atom. The van der Waals surface area contributed by atoms with E-state index in [1.807, 2.05) is 0 Å². The molecule has 0 aliphatic carbocycles. The van der Waals surface area contributed by atoms with Crippen LogP contribution in [0.3, 0.4) is 0 Å². The molecule has 1 atom stereocenters. The zero-order valence-corrected chi connectivity index (χ0v) is 9.99. The van der Waals surface area contributed by atoms with E-state index in [0.29, 0.717) is 19.6 Å². The van der Waals surface area contributed by atoms with E-state index in [4.69, 9.17) is 20.6 Å². The summed E-state index contributed by atoms with van der Waals surface area (Å²) in [6.45, 7) is 0.907. The first-order chi connectivity index (χ1) is 7.18. The molecule has 88 valence electrons. The molecular formula is C6H13ClN3O4P. The number of hydrogen-bond acceptors (Lipinski definition) is 5. The van der Waals surface area contributed by atoms with Gasteiger partial charge >= 0.3 is 7.75 Å². The van der Waals surface area contributed by atoms with Gasteiger partial charge in [-0.1, -0.05) is 0 Å². The van der Waals surface area contributed by atoms with Crippen molar-refractivity contribution in [3.8, 4) is 0 Å². The van der Waals surface area contributed by atoms with Crippen molar-refractivity contribution in [1.82, 2.24) is 9.90 Å². The molecule has 0 aromatic heterocycles. The Kier molecular flexibility index (Phi) is 4.95. The van der Waals surface area contributed by atoms with Crippen molar-refractivity contribution in [3.63, 3.8) is 0 Å². The molecule has 0 aromatic rings. The molecule has 0 spiro atoms. The summed E-state index contributed by atoms with van der Waals surface area (Å²) in [5.41, 5.74) is 0. The zero-order chi connectivity index (χ0) is 11.3. The summed E-state index contributed by atoms with van der Waals surface area (Å²) in [5, 5.41) is 3.72. The third-order valence-electron chi connectivity index (χ3n) is 1.92. The van der Waals surface area contributed by atoms with Crippen molar-refractivity contribution in [2.75, 3.05) is 32.7 Å². The van der Waals surface area contributed by atoms with E-state index in [0.717, 1.165) is 5.12 Å². The average molecular weight is 258 g/mol. The SMILES string of the molecule is COP1(=O)OCCCN1N(CCCl)N=O. The van der Waals surface area contributed by atoms with E-state index < -0.39 is 7.75 Å². The van der Waals surface area contributed by atoms with Crippen molar-refractivity contribution in [1.29, 1.82) is 0 Å². The fraction of sp³-hybridized carbons (Fsp3) is 1.00. The van der Waals surface area contributed by atoms with Crippen LogP contribution in [0, 0.1) is 4.91 Å². The number of hydrazine groups is 1. The Balaban J connectivity index is 2.78. The number of nitroso groups, excluding NO2 is 1. The van der Waals surface area contributed by atoms with Gasteiger partial charge in [-0.05, 0) is 6.42 Å². The lowest BCUT2D eigenvalue weighted by Crippen LogP contribution is -2.41. The fourth-order valence-electron chi connectivity index (χ4n) is 1.24. The summed E-state index contributed by atoms with van der Waals surface area (Å²) < 4.78 is 23.0. The van der Waals surface area contributed by atoms with Crippen molar-refractivity contribution in [2.24, 2.45) is 5.29 Å². The summed E-state index contributed by atoms with van der Waals surface area (Å²) in [4.78, 5) is 10.5. The molecule has 0 bridgehead atoms. The Labute approximate surface area is 92.8 Å². The highest BCUT2D eigenvalue weighted by Gasteiger charge is 2.40. The topological polar surface area (TPSA) is 71.4 Å². The van der Waals surface area contributed by atoms with Crippen LogP contribution in [0.5, 0.6) is 0 Å². The van der Waals surface area contributed by atoms with Gasteiger partial charge in [0.25, 0.3) is 0 Å². The van der Waals surface area contributed by atoms with Crippen LogP contribution in [0.25, 0.3) is 0 Å². The molecule has 0 amide bonds. The third kappa shape index (κ3) is 2.89. The minimum Gasteiger partial charge on any atom is -0.299 e. The van der Waals surface area contributed by atoms with E-state index in [9.17, 15) is 9.47 Å². The number of hydrogen-bond donors (Lipinski definition) is 0. The van der Waals surface area contributed by atoms with Crippen LogP contribution in [-0.2, 0) is 13.6 Å². The third-order valence-corrected chi connectivity index (χ3v) is 4.03. The lowest BCUT2D eigenvalue weighted by molar-refractivity contribution is -0.00149. The van der Waals surface area contributed by atoms with Gasteiger partial charge in [0.05, 0.1) is 18.4 Å². The Bertz CT molecular complexity index is 267. The van der Waals surface area contributed by atoms with Crippen LogP contribution < -0.4 is 0 Å². The Morgan fingerprint density at radius 3 is 3.00 bits per heavy atom. The van der Waals surface area contributed by atoms with Gasteiger partial charge in [0, 0.05) is 19.5 Å². The molecule has 0 N–H and O–H groups in total. The molecule has 0 saturated carbocycles. The largest absolute Gasteiger partial charge is 0.427 e. The summed E-state index contributed by atoms with van der Waals surface area (Å²) in [6, 6.07) is 0. The van der Waals surface area contributed by atoms with Crippen molar-refractivity contribution < 1.29 is 13.6 Å². The second-order valence-electron chi connectivity index (χ2n) is 2.80. The summed E-state index contributed by atoms with van der Waals surface area (Å²) in [6.07, 6.45) is 0.654. The highest BCUT2D eigenvalue weighted by atomic mass is 35.5. The molecule has 1 rings (SSSR count). The predicted molar refractivity (Wildman–Crippen MR) is 55.1 cm³/mol. The van der Waals surface area contributed by atoms with Gasteiger partial charge in [-0.15, -0.1) is 21.3 Å². The lowest BCUT2D eigenvalue weighted by Gasteiger charge is -2.36. The van der Waals surface area contributed by atoms with Crippen LogP contribution in [0.2, 0.25) is 0 Å². The smallest absolute Gasteiger partial charge is 0.299 e. The van der Waals surface area contributed by atoms with E-state index >= 15 is 0 Å². The molecule has 0 radical (unpaired) electrons. The van der Waals surface area contributed by atoms with Gasteiger partial charge in [0.1, 0.15) is 0 Å². The highest BCUT2D eigenvalue weighted by molar-refractivity contribution is 7.51. The molecule has 7 nitrogen and oxygen atoms in total. The molecule has 1 aliphatic heterocycles. The molecule has 0 aromatic carbocycles. The first kappa shape index (κ1) is 12.9. The van der Waals surface area contributed by atoms with Gasteiger partial charge < -0.3 is 0 Å². The van der Waals surface area contributed by atoms with Crippen LogP contribution in [0.1, 0.15) is 6.42 Å². The standard InChI is InChI=1S/C6H13ClN3O4P/c1-13-15(12)10(4-2-6-14-15)9(8-11)5-3-7/h2-6H2,1H3. The van der Waals surface area contributed by atoms with Gasteiger partial charge in [-0.25, -0.2) is 4.57 Å². The first-order valence-corrected chi connectivity index (χ1v) is 6.46. The first-order valence-electron chi connectivity index (χ1n) is 4.43. The minimum absolute atomic E-state index is 0.168. The second-order valence-corrected chi connectivity index (χ2v) is 5.20. The van der Waals surface area contributed by atoms with E-state index in [1.165, 1.54) is 11.9 Å². The summed E-state index contributed by atoms with van der Waals surface area (Å²) in [5.74, 6) is 0.200. The average Bonchev–Trinajstić information content (AvgIpc) is 2.27. The molecule has 1 fully saturated rings. The maximum atomic E-state index is 12.0. The van der Waals surface area contributed by atoms with Crippen LogP contribution in [-0.4, -0.2) is 42.6 Å². The maximum Gasteiger partial charge on any atom is 0.427 e. The van der Waals surface area contributed by atoms with Gasteiger partial charge in [0.2, 0.25) is 0 Å². The van der Waals surface area contributed by atoms with Crippen molar-refractivity contribution in [3.05, 3.63) is 4.91 Å². The molecule has 1 aliphatic rings. The van der Waals surface area contributed by atoms with E-state index in [1.54, 1.807) is 0 Å². The van der Waals surface area contributed by atoms with Gasteiger partial charge in [-0.2, -0.15) is 5.12 Å². The summed E-state index contributed by atoms with van der Waals surface area (Å²) in [7, 11) is -2.13.